The predicted octanol–water partition coefficient (Wildman–Crippen LogP) is 3.37. The number of aliphatic hydroxyl groups excluding tert-OH is 1. The van der Waals surface area contributed by atoms with Gasteiger partial charge in [0.1, 0.15) is 11.5 Å². The van der Waals surface area contributed by atoms with E-state index in [0.29, 0.717) is 17.7 Å². The van der Waals surface area contributed by atoms with Crippen LogP contribution in [0.5, 0.6) is 11.5 Å². The first-order valence-corrected chi connectivity index (χ1v) is 7.43. The van der Waals surface area contributed by atoms with Crippen LogP contribution in [0.25, 0.3) is 0 Å². The number of ether oxygens (including phenoxy) is 1. The smallest absolute Gasteiger partial charge is 0.251 e. The Labute approximate surface area is 130 Å². The van der Waals surface area contributed by atoms with E-state index in [1.165, 1.54) is 0 Å². The van der Waals surface area contributed by atoms with Crippen molar-refractivity contribution in [3.63, 3.8) is 0 Å². The van der Waals surface area contributed by atoms with Gasteiger partial charge in [0, 0.05) is 18.2 Å². The van der Waals surface area contributed by atoms with E-state index in [-0.39, 0.29) is 18.6 Å². The lowest BCUT2D eigenvalue weighted by Gasteiger charge is -2.13. The average Bonchev–Trinajstić information content (AvgIpc) is 2.54. The second kappa shape index (κ2) is 8.20. The molecule has 22 heavy (non-hydrogen) atoms. The van der Waals surface area contributed by atoms with Crippen LogP contribution < -0.4 is 10.1 Å². The normalized spacial score (nSPS) is 11.7. The minimum absolute atomic E-state index is 0.0262. The summed E-state index contributed by atoms with van der Waals surface area (Å²) in [6.45, 7) is 2.07. The summed E-state index contributed by atoms with van der Waals surface area (Å²) >= 11 is 0. The highest BCUT2D eigenvalue weighted by Crippen LogP contribution is 2.21. The number of nitrogens with one attached hydrogen (secondary N) is 1. The fourth-order valence-corrected chi connectivity index (χ4v) is 2.10. The third-order valence-corrected chi connectivity index (χ3v) is 3.25. The molecule has 2 N–H and O–H groups in total. The number of carbonyl (C=O) groups excluding carboxylic acids is 1. The summed E-state index contributed by atoms with van der Waals surface area (Å²) < 4.78 is 5.73. The van der Waals surface area contributed by atoms with Crippen molar-refractivity contribution in [3.8, 4) is 11.5 Å². The van der Waals surface area contributed by atoms with Crippen molar-refractivity contribution < 1.29 is 14.6 Å². The van der Waals surface area contributed by atoms with Crippen LogP contribution in [0.4, 0.5) is 0 Å². The molecule has 0 heterocycles. The minimum atomic E-state index is -0.135. The van der Waals surface area contributed by atoms with Crippen molar-refractivity contribution in [1.82, 2.24) is 5.32 Å². The largest absolute Gasteiger partial charge is 0.457 e. The molecule has 0 aromatic heterocycles. The average molecular weight is 299 g/mol. The lowest BCUT2D eigenvalue weighted by Crippen LogP contribution is -2.32. The van der Waals surface area contributed by atoms with Crippen LogP contribution in [0.3, 0.4) is 0 Å². The highest BCUT2D eigenvalue weighted by molar-refractivity contribution is 5.94. The van der Waals surface area contributed by atoms with Gasteiger partial charge in [-0.05, 0) is 50.1 Å². The van der Waals surface area contributed by atoms with Gasteiger partial charge in [0.2, 0.25) is 0 Å². The Morgan fingerprint density at radius 3 is 2.59 bits per heavy atom. The Morgan fingerprint density at radius 1 is 1.14 bits per heavy atom. The van der Waals surface area contributed by atoms with Crippen molar-refractivity contribution in [2.45, 2.75) is 25.8 Å². The lowest BCUT2D eigenvalue weighted by atomic mass is 10.1. The maximum atomic E-state index is 12.2. The van der Waals surface area contributed by atoms with E-state index >= 15 is 0 Å². The van der Waals surface area contributed by atoms with Gasteiger partial charge < -0.3 is 15.2 Å². The van der Waals surface area contributed by atoms with Gasteiger partial charge >= 0.3 is 0 Å². The molecule has 0 aliphatic rings. The first-order valence-electron chi connectivity index (χ1n) is 7.43. The molecule has 0 spiro atoms. The summed E-state index contributed by atoms with van der Waals surface area (Å²) in [5.41, 5.74) is 0.560. The van der Waals surface area contributed by atoms with Crippen LogP contribution in [-0.2, 0) is 0 Å². The summed E-state index contributed by atoms with van der Waals surface area (Å²) in [4.78, 5) is 12.2. The zero-order valence-electron chi connectivity index (χ0n) is 12.7. The SMILES string of the molecule is CC(CCCO)NC(=O)c1cccc(Oc2ccccc2)c1. The van der Waals surface area contributed by atoms with Crippen LogP contribution in [0.2, 0.25) is 0 Å². The Balaban J connectivity index is 2.00. The number of hydrogen-bond acceptors (Lipinski definition) is 3. The minimum Gasteiger partial charge on any atom is -0.457 e. The topological polar surface area (TPSA) is 58.6 Å². The summed E-state index contributed by atoms with van der Waals surface area (Å²) in [6, 6.07) is 16.6. The molecule has 2 aromatic rings. The van der Waals surface area contributed by atoms with E-state index in [1.807, 2.05) is 43.3 Å². The van der Waals surface area contributed by atoms with Gasteiger partial charge in [-0.1, -0.05) is 24.3 Å². The third kappa shape index (κ3) is 4.90. The van der Waals surface area contributed by atoms with E-state index in [1.54, 1.807) is 18.2 Å². The van der Waals surface area contributed by atoms with Crippen LogP contribution >= 0.6 is 0 Å². The van der Waals surface area contributed by atoms with Crippen LogP contribution in [-0.4, -0.2) is 23.7 Å². The summed E-state index contributed by atoms with van der Waals surface area (Å²) in [7, 11) is 0. The van der Waals surface area contributed by atoms with Gasteiger partial charge in [0.15, 0.2) is 0 Å². The lowest BCUT2D eigenvalue weighted by molar-refractivity contribution is 0.0936. The maximum absolute atomic E-state index is 12.2. The highest BCUT2D eigenvalue weighted by Gasteiger charge is 2.10. The Kier molecular flexibility index (Phi) is 5.98. The number of rotatable bonds is 7. The first-order chi connectivity index (χ1) is 10.7. The molecule has 0 radical (unpaired) electrons. The molecule has 0 saturated heterocycles. The highest BCUT2D eigenvalue weighted by atomic mass is 16.5. The van der Waals surface area contributed by atoms with Crippen molar-refractivity contribution >= 4 is 5.91 Å². The van der Waals surface area contributed by atoms with E-state index in [9.17, 15) is 4.79 Å². The number of aliphatic hydroxyl groups is 1. The molecule has 1 amide bonds. The molecular weight excluding hydrogens is 278 g/mol. The van der Waals surface area contributed by atoms with Crippen molar-refractivity contribution in [1.29, 1.82) is 0 Å². The molecule has 0 fully saturated rings. The molecule has 1 unspecified atom stereocenters. The number of benzene rings is 2. The summed E-state index contributed by atoms with van der Waals surface area (Å²) in [6.07, 6.45) is 1.43. The molecule has 0 bridgehead atoms. The van der Waals surface area contributed by atoms with Gasteiger partial charge in [0.25, 0.3) is 5.91 Å². The monoisotopic (exact) mass is 299 g/mol. The van der Waals surface area contributed by atoms with Crippen molar-refractivity contribution in [3.05, 3.63) is 60.2 Å². The van der Waals surface area contributed by atoms with Crippen LogP contribution in [0, 0.1) is 0 Å². The molecule has 0 aliphatic heterocycles. The molecule has 4 heteroatoms. The van der Waals surface area contributed by atoms with Gasteiger partial charge in [-0.15, -0.1) is 0 Å². The fourth-order valence-electron chi connectivity index (χ4n) is 2.10. The quantitative estimate of drug-likeness (QED) is 0.824. The van der Waals surface area contributed by atoms with Crippen LogP contribution in [0.1, 0.15) is 30.1 Å². The zero-order chi connectivity index (χ0) is 15.8. The van der Waals surface area contributed by atoms with Crippen LogP contribution in [0.15, 0.2) is 54.6 Å². The van der Waals surface area contributed by atoms with Gasteiger partial charge in [-0.25, -0.2) is 0 Å². The molecular formula is C18H21NO3. The molecule has 0 saturated carbocycles. The molecule has 2 rings (SSSR count). The Bertz CT molecular complexity index is 598. The third-order valence-electron chi connectivity index (χ3n) is 3.25. The predicted molar refractivity (Wildman–Crippen MR) is 86.2 cm³/mol. The van der Waals surface area contributed by atoms with Gasteiger partial charge in [0.05, 0.1) is 0 Å². The maximum Gasteiger partial charge on any atom is 0.251 e. The Hall–Kier alpha value is -2.33. The zero-order valence-corrected chi connectivity index (χ0v) is 12.7. The summed E-state index contributed by atoms with van der Waals surface area (Å²) in [5.74, 6) is 1.22. The second-order valence-electron chi connectivity index (χ2n) is 5.18. The second-order valence-corrected chi connectivity index (χ2v) is 5.18. The van der Waals surface area contributed by atoms with Crippen molar-refractivity contribution in [2.75, 3.05) is 6.61 Å². The van der Waals surface area contributed by atoms with Gasteiger partial charge in [-0.3, -0.25) is 4.79 Å². The van der Waals surface area contributed by atoms with E-state index < -0.39 is 0 Å². The molecule has 2 aromatic carbocycles. The number of carbonyl (C=O) groups is 1. The molecule has 116 valence electrons. The Morgan fingerprint density at radius 2 is 1.86 bits per heavy atom. The van der Waals surface area contributed by atoms with E-state index in [2.05, 4.69) is 5.32 Å². The number of amides is 1. The fraction of sp³-hybridized carbons (Fsp3) is 0.278. The molecule has 1 atom stereocenters. The summed E-state index contributed by atoms with van der Waals surface area (Å²) in [5, 5.41) is 11.7. The van der Waals surface area contributed by atoms with Gasteiger partial charge in [-0.2, -0.15) is 0 Å². The van der Waals surface area contributed by atoms with E-state index in [0.717, 1.165) is 12.2 Å². The standard InChI is InChI=1S/C18H21NO3/c1-14(7-6-12-20)19-18(21)15-8-5-11-17(13-15)22-16-9-3-2-4-10-16/h2-5,8-11,13-14,20H,6-7,12H2,1H3,(H,19,21). The number of para-hydroxylation sites is 1. The van der Waals surface area contributed by atoms with E-state index in [4.69, 9.17) is 9.84 Å². The first kappa shape index (κ1) is 16.0. The molecule has 4 nitrogen and oxygen atoms in total. The van der Waals surface area contributed by atoms with Crippen molar-refractivity contribution in [2.24, 2.45) is 0 Å². The number of hydrogen-bond donors (Lipinski definition) is 2. The molecule has 0 aliphatic carbocycles.